The third kappa shape index (κ3) is 3.07. The molecular formula is C16H16N4OS. The average molecular weight is 312 g/mol. The molecule has 0 unspecified atom stereocenters. The van der Waals surface area contributed by atoms with Gasteiger partial charge in [-0.3, -0.25) is 0 Å². The maximum absolute atomic E-state index is 5.78. The van der Waals surface area contributed by atoms with Crippen molar-refractivity contribution in [2.75, 3.05) is 0 Å². The summed E-state index contributed by atoms with van der Waals surface area (Å²) in [5.74, 6) is 1.55. The lowest BCUT2D eigenvalue weighted by molar-refractivity contribution is 0.292. The van der Waals surface area contributed by atoms with Crippen LogP contribution in [0.2, 0.25) is 0 Å². The van der Waals surface area contributed by atoms with Gasteiger partial charge in [0.25, 0.3) is 0 Å². The van der Waals surface area contributed by atoms with E-state index >= 15 is 0 Å². The first-order valence-corrected chi connectivity index (χ1v) is 7.32. The third-order valence-corrected chi connectivity index (χ3v) is 3.35. The van der Waals surface area contributed by atoms with Gasteiger partial charge in [-0.1, -0.05) is 30.4 Å². The van der Waals surface area contributed by atoms with E-state index in [1.165, 1.54) is 0 Å². The summed E-state index contributed by atoms with van der Waals surface area (Å²) in [5, 5.41) is 0. The molecule has 2 N–H and O–H groups in total. The highest BCUT2D eigenvalue weighted by atomic mass is 32.1. The van der Waals surface area contributed by atoms with Gasteiger partial charge in [0.15, 0.2) is 5.65 Å². The molecule has 22 heavy (non-hydrogen) atoms. The molecule has 0 aliphatic rings. The predicted octanol–water partition coefficient (Wildman–Crippen LogP) is 2.60. The summed E-state index contributed by atoms with van der Waals surface area (Å²) in [6.07, 6.45) is 1.81. The zero-order valence-corrected chi connectivity index (χ0v) is 13.0. The molecule has 0 spiro atoms. The zero-order valence-electron chi connectivity index (χ0n) is 12.2. The summed E-state index contributed by atoms with van der Waals surface area (Å²) >= 11 is 5.03. The molecule has 0 aliphatic heterocycles. The van der Waals surface area contributed by atoms with Crippen molar-refractivity contribution in [1.82, 2.24) is 14.5 Å². The fourth-order valence-corrected chi connectivity index (χ4v) is 2.38. The van der Waals surface area contributed by atoms with Crippen LogP contribution in [-0.2, 0) is 13.2 Å². The maximum Gasteiger partial charge on any atom is 0.160 e. The predicted molar refractivity (Wildman–Crippen MR) is 89.8 cm³/mol. The van der Waals surface area contributed by atoms with Crippen molar-refractivity contribution >= 4 is 28.4 Å². The number of imidazole rings is 1. The first kappa shape index (κ1) is 14.5. The molecule has 3 rings (SSSR count). The van der Waals surface area contributed by atoms with E-state index in [2.05, 4.69) is 9.97 Å². The van der Waals surface area contributed by atoms with Crippen molar-refractivity contribution in [3.8, 4) is 5.75 Å². The number of nitrogens with two attached hydrogens (primary N) is 1. The highest BCUT2D eigenvalue weighted by molar-refractivity contribution is 7.80. The van der Waals surface area contributed by atoms with Gasteiger partial charge in [0.1, 0.15) is 23.7 Å². The largest absolute Gasteiger partial charge is 0.486 e. The minimum absolute atomic E-state index is 0.335. The Morgan fingerprint density at radius 3 is 2.82 bits per heavy atom. The molecule has 5 nitrogen and oxygen atoms in total. The monoisotopic (exact) mass is 312 g/mol. The van der Waals surface area contributed by atoms with Gasteiger partial charge in [-0.05, 0) is 30.7 Å². The Labute approximate surface area is 133 Å². The molecular weight excluding hydrogens is 296 g/mol. The van der Waals surface area contributed by atoms with Gasteiger partial charge in [0.2, 0.25) is 0 Å². The van der Waals surface area contributed by atoms with E-state index < -0.39 is 0 Å². The van der Waals surface area contributed by atoms with Gasteiger partial charge in [-0.25, -0.2) is 9.97 Å². The zero-order chi connectivity index (χ0) is 15.5. The second kappa shape index (κ2) is 6.11. The quantitative estimate of drug-likeness (QED) is 0.734. The van der Waals surface area contributed by atoms with Crippen LogP contribution in [0.4, 0.5) is 0 Å². The summed E-state index contributed by atoms with van der Waals surface area (Å²) < 4.78 is 7.68. The van der Waals surface area contributed by atoms with Gasteiger partial charge < -0.3 is 15.0 Å². The number of thiocarbonyl (C=S) groups is 1. The number of rotatable bonds is 5. The number of nitrogens with zero attached hydrogens (tertiary/aromatic N) is 3. The lowest BCUT2D eigenvalue weighted by Crippen LogP contribution is -2.19. The number of pyridine rings is 1. The number of ether oxygens (including phenoxy) is 1. The Morgan fingerprint density at radius 1 is 1.32 bits per heavy atom. The summed E-state index contributed by atoms with van der Waals surface area (Å²) in [7, 11) is 0. The van der Waals surface area contributed by atoms with Crippen LogP contribution in [0.5, 0.6) is 5.75 Å². The molecule has 0 atom stereocenters. The Morgan fingerprint density at radius 2 is 2.09 bits per heavy atom. The smallest absolute Gasteiger partial charge is 0.160 e. The maximum atomic E-state index is 5.78. The summed E-state index contributed by atoms with van der Waals surface area (Å²) in [6.45, 7) is 2.72. The summed E-state index contributed by atoms with van der Waals surface area (Å²) in [6, 6.07) is 11.6. The van der Waals surface area contributed by atoms with Crippen LogP contribution >= 0.6 is 12.2 Å². The number of hydrogen-bond donors (Lipinski definition) is 1. The van der Waals surface area contributed by atoms with Crippen LogP contribution < -0.4 is 10.5 Å². The lowest BCUT2D eigenvalue weighted by atomic mass is 10.3. The van der Waals surface area contributed by atoms with E-state index in [-0.39, 0.29) is 0 Å². The fourth-order valence-electron chi connectivity index (χ4n) is 2.26. The second-order valence-corrected chi connectivity index (χ2v) is 5.56. The van der Waals surface area contributed by atoms with E-state index in [9.17, 15) is 0 Å². The van der Waals surface area contributed by atoms with E-state index in [1.807, 2.05) is 54.1 Å². The van der Waals surface area contributed by atoms with Crippen molar-refractivity contribution in [2.24, 2.45) is 5.73 Å². The molecule has 0 saturated heterocycles. The number of fused-ring (bicyclic) bond motifs is 1. The lowest BCUT2D eigenvalue weighted by Gasteiger charge is -2.09. The molecule has 0 radical (unpaired) electrons. The van der Waals surface area contributed by atoms with Crippen molar-refractivity contribution in [3.05, 3.63) is 54.0 Å². The second-order valence-electron chi connectivity index (χ2n) is 5.04. The molecule has 1 aromatic carbocycles. The Kier molecular flexibility index (Phi) is 4.02. The van der Waals surface area contributed by atoms with E-state index in [1.54, 1.807) is 0 Å². The third-order valence-electron chi connectivity index (χ3n) is 3.23. The van der Waals surface area contributed by atoms with Crippen LogP contribution in [0.25, 0.3) is 11.2 Å². The van der Waals surface area contributed by atoms with Crippen LogP contribution in [0, 0.1) is 6.92 Å². The minimum atomic E-state index is 0.335. The molecule has 6 heteroatoms. The molecule has 2 aromatic heterocycles. The highest BCUT2D eigenvalue weighted by Gasteiger charge is 2.13. The Balaban J connectivity index is 1.94. The molecule has 0 amide bonds. The summed E-state index contributed by atoms with van der Waals surface area (Å²) in [4.78, 5) is 9.43. The van der Waals surface area contributed by atoms with Gasteiger partial charge in [0, 0.05) is 6.20 Å². The van der Waals surface area contributed by atoms with Crippen molar-refractivity contribution in [3.63, 3.8) is 0 Å². The topological polar surface area (TPSA) is 66.0 Å². The van der Waals surface area contributed by atoms with Crippen LogP contribution in [0.1, 0.15) is 11.4 Å². The number of hydrogen-bond acceptors (Lipinski definition) is 4. The van der Waals surface area contributed by atoms with Gasteiger partial charge >= 0.3 is 0 Å². The SMILES string of the molecule is Cc1cnc2c(c1)nc(COc1ccccc1)n2CC(N)=S. The van der Waals surface area contributed by atoms with Gasteiger partial charge in [-0.2, -0.15) is 0 Å². The Bertz CT molecular complexity index is 814. The van der Waals surface area contributed by atoms with E-state index in [0.29, 0.717) is 18.1 Å². The van der Waals surface area contributed by atoms with Crippen molar-refractivity contribution in [2.45, 2.75) is 20.1 Å². The first-order valence-electron chi connectivity index (χ1n) is 6.91. The van der Waals surface area contributed by atoms with Crippen LogP contribution in [0.3, 0.4) is 0 Å². The van der Waals surface area contributed by atoms with Crippen LogP contribution in [0.15, 0.2) is 42.6 Å². The van der Waals surface area contributed by atoms with Gasteiger partial charge in [-0.15, -0.1) is 0 Å². The minimum Gasteiger partial charge on any atom is -0.486 e. The number of benzene rings is 1. The number of para-hydroxylation sites is 1. The van der Waals surface area contributed by atoms with Gasteiger partial charge in [0.05, 0.1) is 11.5 Å². The molecule has 2 heterocycles. The molecule has 0 bridgehead atoms. The van der Waals surface area contributed by atoms with Crippen molar-refractivity contribution < 1.29 is 4.74 Å². The van der Waals surface area contributed by atoms with Crippen LogP contribution in [-0.4, -0.2) is 19.5 Å². The number of aromatic nitrogens is 3. The molecule has 112 valence electrons. The molecule has 0 saturated carbocycles. The van der Waals surface area contributed by atoms with E-state index in [0.717, 1.165) is 28.3 Å². The normalized spacial score (nSPS) is 10.8. The fraction of sp³-hybridized carbons (Fsp3) is 0.188. The highest BCUT2D eigenvalue weighted by Crippen LogP contribution is 2.17. The summed E-state index contributed by atoms with van der Waals surface area (Å²) in [5.41, 5.74) is 8.34. The molecule has 0 aliphatic carbocycles. The molecule has 0 fully saturated rings. The molecule has 3 aromatic rings. The Hall–Kier alpha value is -2.47. The standard InChI is InChI=1S/C16H16N4OS/c1-11-7-13-16(18-8-11)20(9-14(17)22)15(19-13)10-21-12-5-3-2-4-6-12/h2-8H,9-10H2,1H3,(H2,17,22). The van der Waals surface area contributed by atoms with Crippen molar-refractivity contribution in [1.29, 1.82) is 0 Å². The first-order chi connectivity index (χ1) is 10.6. The average Bonchev–Trinajstić information content (AvgIpc) is 2.82. The van der Waals surface area contributed by atoms with E-state index in [4.69, 9.17) is 22.7 Å². The number of aryl methyl sites for hydroxylation is 1.